The first kappa shape index (κ1) is 19.3. The Bertz CT molecular complexity index is 971. The molecular weight excluding hydrogens is 383 g/mol. The van der Waals surface area contributed by atoms with E-state index in [1.54, 1.807) is 6.07 Å². The minimum atomic E-state index is -4.67. The molecule has 0 saturated carbocycles. The molecule has 2 aromatic rings. The summed E-state index contributed by atoms with van der Waals surface area (Å²) >= 11 is 0. The molecule has 8 nitrogen and oxygen atoms in total. The largest absolute Gasteiger partial charge is 0.486 e. The van der Waals surface area contributed by atoms with E-state index in [2.05, 4.69) is 5.32 Å². The Morgan fingerprint density at radius 3 is 2.50 bits per heavy atom. The Balaban J connectivity index is 1.62. The molecule has 0 aliphatic carbocycles. The van der Waals surface area contributed by atoms with Crippen molar-refractivity contribution in [2.45, 2.75) is 12.7 Å². The predicted octanol–water partition coefficient (Wildman–Crippen LogP) is 1.99. The van der Waals surface area contributed by atoms with Crippen LogP contribution in [0, 0.1) is 0 Å². The molecular formula is C17H14F3N3O5. The molecule has 0 radical (unpaired) electrons. The van der Waals surface area contributed by atoms with Gasteiger partial charge in [0.2, 0.25) is 5.91 Å². The third-order valence-electron chi connectivity index (χ3n) is 3.68. The average molecular weight is 397 g/mol. The highest BCUT2D eigenvalue weighted by molar-refractivity contribution is 6.01. The first-order valence-electron chi connectivity index (χ1n) is 8.00. The summed E-state index contributed by atoms with van der Waals surface area (Å²) in [5, 5.41) is 4.33. The van der Waals surface area contributed by atoms with Gasteiger partial charge in [-0.1, -0.05) is 0 Å². The van der Waals surface area contributed by atoms with Gasteiger partial charge in [0, 0.05) is 24.0 Å². The summed E-state index contributed by atoms with van der Waals surface area (Å²) in [6.07, 6.45) is -4.15. The van der Waals surface area contributed by atoms with Crippen LogP contribution in [0.4, 0.5) is 23.7 Å². The number of rotatable bonds is 3. The molecule has 0 spiro atoms. The van der Waals surface area contributed by atoms with Crippen LogP contribution in [-0.2, 0) is 17.5 Å². The minimum absolute atomic E-state index is 0.311. The molecule has 0 fully saturated rings. The fraction of sp³-hybridized carbons (Fsp3) is 0.235. The number of carbonyl (C=O) groups is 2. The van der Waals surface area contributed by atoms with Crippen LogP contribution < -0.4 is 25.7 Å². The zero-order valence-corrected chi connectivity index (χ0v) is 14.2. The Kier molecular flexibility index (Phi) is 5.25. The van der Waals surface area contributed by atoms with Gasteiger partial charge >= 0.3 is 12.2 Å². The maximum atomic E-state index is 12.7. The van der Waals surface area contributed by atoms with E-state index in [4.69, 9.17) is 9.47 Å². The van der Waals surface area contributed by atoms with Crippen molar-refractivity contribution >= 4 is 17.6 Å². The normalized spacial score (nSPS) is 13.0. The number of fused-ring (bicyclic) bond motifs is 1. The van der Waals surface area contributed by atoms with Crippen LogP contribution in [0.1, 0.15) is 5.56 Å². The molecule has 1 aromatic carbocycles. The van der Waals surface area contributed by atoms with Gasteiger partial charge in [0.15, 0.2) is 11.5 Å². The van der Waals surface area contributed by atoms with E-state index in [0.29, 0.717) is 53.3 Å². The first-order chi connectivity index (χ1) is 13.2. The lowest BCUT2D eigenvalue weighted by atomic mass is 10.2. The molecule has 0 unspecified atom stereocenters. The number of ether oxygens (including phenoxy) is 2. The Hall–Kier alpha value is -3.50. The number of anilines is 1. The maximum Gasteiger partial charge on any atom is 0.417 e. The highest BCUT2D eigenvalue weighted by Crippen LogP contribution is 2.32. The monoisotopic (exact) mass is 397 g/mol. The molecule has 2 N–H and O–H groups in total. The number of hydrogen-bond acceptors (Lipinski definition) is 5. The minimum Gasteiger partial charge on any atom is -0.486 e. The lowest BCUT2D eigenvalue weighted by Gasteiger charge is -2.19. The number of nitrogens with one attached hydrogen (secondary N) is 2. The van der Waals surface area contributed by atoms with E-state index in [1.165, 1.54) is 12.1 Å². The number of imide groups is 1. The van der Waals surface area contributed by atoms with E-state index in [1.807, 2.05) is 5.32 Å². The predicted molar refractivity (Wildman–Crippen MR) is 90.3 cm³/mol. The van der Waals surface area contributed by atoms with E-state index in [-0.39, 0.29) is 0 Å². The zero-order chi connectivity index (χ0) is 20.3. The van der Waals surface area contributed by atoms with Crippen molar-refractivity contribution in [2.75, 3.05) is 18.5 Å². The van der Waals surface area contributed by atoms with Crippen LogP contribution in [0.25, 0.3) is 0 Å². The summed E-state index contributed by atoms with van der Waals surface area (Å²) in [6.45, 7) is 0.00780. The van der Waals surface area contributed by atoms with E-state index < -0.39 is 35.8 Å². The van der Waals surface area contributed by atoms with Crippen LogP contribution in [0.5, 0.6) is 11.5 Å². The quantitative estimate of drug-likeness (QED) is 0.826. The van der Waals surface area contributed by atoms with Gasteiger partial charge in [-0.3, -0.25) is 14.9 Å². The van der Waals surface area contributed by atoms with Gasteiger partial charge in [0.25, 0.3) is 5.56 Å². The lowest BCUT2D eigenvalue weighted by Crippen LogP contribution is -2.38. The van der Waals surface area contributed by atoms with Gasteiger partial charge in [-0.05, 0) is 18.2 Å². The molecule has 0 atom stereocenters. The summed E-state index contributed by atoms with van der Waals surface area (Å²) < 4.78 is 49.4. The summed E-state index contributed by atoms with van der Waals surface area (Å²) in [4.78, 5) is 35.4. The van der Waals surface area contributed by atoms with Gasteiger partial charge in [0.1, 0.15) is 19.8 Å². The number of hydrogen-bond donors (Lipinski definition) is 2. The van der Waals surface area contributed by atoms with Gasteiger partial charge < -0.3 is 19.4 Å². The number of benzene rings is 1. The number of aromatic nitrogens is 1. The number of amides is 3. The van der Waals surface area contributed by atoms with Crippen LogP contribution in [0.15, 0.2) is 41.3 Å². The second kappa shape index (κ2) is 7.62. The van der Waals surface area contributed by atoms with Gasteiger partial charge in [-0.25, -0.2) is 4.79 Å². The summed E-state index contributed by atoms with van der Waals surface area (Å²) in [5.41, 5.74) is -1.58. The third-order valence-corrected chi connectivity index (χ3v) is 3.68. The third kappa shape index (κ3) is 4.61. The Labute approximate surface area is 155 Å². The van der Waals surface area contributed by atoms with Crippen molar-refractivity contribution in [2.24, 2.45) is 0 Å². The van der Waals surface area contributed by atoms with Crippen LogP contribution in [-0.4, -0.2) is 29.7 Å². The number of nitrogens with zero attached hydrogens (tertiary/aromatic N) is 1. The van der Waals surface area contributed by atoms with Crippen molar-refractivity contribution < 1.29 is 32.2 Å². The molecule has 3 rings (SSSR count). The van der Waals surface area contributed by atoms with Crippen LogP contribution in [0.3, 0.4) is 0 Å². The summed E-state index contributed by atoms with van der Waals surface area (Å²) in [6, 6.07) is 5.00. The average Bonchev–Trinajstić information content (AvgIpc) is 2.62. The van der Waals surface area contributed by atoms with Gasteiger partial charge in [-0.2, -0.15) is 13.2 Å². The first-order valence-corrected chi connectivity index (χ1v) is 8.00. The highest BCUT2D eigenvalue weighted by Gasteiger charge is 2.31. The number of urea groups is 1. The van der Waals surface area contributed by atoms with E-state index in [9.17, 15) is 27.6 Å². The van der Waals surface area contributed by atoms with Crippen molar-refractivity contribution in [3.8, 4) is 11.5 Å². The van der Waals surface area contributed by atoms with E-state index >= 15 is 0 Å². The van der Waals surface area contributed by atoms with Crippen molar-refractivity contribution in [1.82, 2.24) is 9.88 Å². The SMILES string of the molecule is O=C(Cn1cc(C(F)(F)F)ccc1=O)NC(=O)Nc1ccc2c(c1)OCCO2. The Morgan fingerprint density at radius 2 is 1.79 bits per heavy atom. The topological polar surface area (TPSA) is 98.7 Å². The second-order valence-electron chi connectivity index (χ2n) is 5.74. The van der Waals surface area contributed by atoms with Crippen molar-refractivity contribution in [1.29, 1.82) is 0 Å². The maximum absolute atomic E-state index is 12.7. The molecule has 0 bridgehead atoms. The van der Waals surface area contributed by atoms with Gasteiger partial charge in [0.05, 0.1) is 5.56 Å². The fourth-order valence-electron chi connectivity index (χ4n) is 2.43. The lowest BCUT2D eigenvalue weighted by molar-refractivity contribution is -0.138. The van der Waals surface area contributed by atoms with Gasteiger partial charge in [-0.15, -0.1) is 0 Å². The van der Waals surface area contributed by atoms with Crippen LogP contribution >= 0.6 is 0 Å². The molecule has 3 amide bonds. The standard InChI is InChI=1S/C17H14F3N3O5/c18-17(19,20)10-1-4-15(25)23(8-10)9-14(24)22-16(26)21-11-2-3-12-13(7-11)28-6-5-27-12/h1-4,7-8H,5-6,9H2,(H2,21,22,24,26). The molecule has 0 saturated heterocycles. The number of alkyl halides is 3. The smallest absolute Gasteiger partial charge is 0.417 e. The summed E-state index contributed by atoms with van der Waals surface area (Å²) in [7, 11) is 0. The molecule has 148 valence electrons. The number of pyridine rings is 1. The van der Waals surface area contributed by atoms with Crippen molar-refractivity contribution in [3.63, 3.8) is 0 Å². The molecule has 11 heteroatoms. The molecule has 1 aliphatic heterocycles. The van der Waals surface area contributed by atoms with E-state index in [0.717, 1.165) is 0 Å². The summed E-state index contributed by atoms with van der Waals surface area (Å²) in [5.74, 6) is -0.0282. The zero-order valence-electron chi connectivity index (χ0n) is 14.2. The number of carbonyl (C=O) groups excluding carboxylic acids is 2. The molecule has 1 aromatic heterocycles. The molecule has 1 aliphatic rings. The Morgan fingerprint density at radius 1 is 1.07 bits per heavy atom. The molecule has 28 heavy (non-hydrogen) atoms. The second-order valence-corrected chi connectivity index (χ2v) is 5.74. The number of halogens is 3. The highest BCUT2D eigenvalue weighted by atomic mass is 19.4. The fourth-order valence-corrected chi connectivity index (χ4v) is 2.43. The van der Waals surface area contributed by atoms with Crippen molar-refractivity contribution in [3.05, 3.63) is 52.4 Å². The van der Waals surface area contributed by atoms with Crippen LogP contribution in [0.2, 0.25) is 0 Å². The molecule has 2 heterocycles.